The van der Waals surface area contributed by atoms with Crippen molar-refractivity contribution in [1.29, 1.82) is 5.26 Å². The molecule has 0 spiro atoms. The molecule has 0 aliphatic heterocycles. The Morgan fingerprint density at radius 2 is 1.93 bits per heavy atom. The normalized spacial score (nSPS) is 11.4. The van der Waals surface area contributed by atoms with Crippen molar-refractivity contribution in [2.45, 2.75) is 26.0 Å². The van der Waals surface area contributed by atoms with E-state index in [0.29, 0.717) is 23.7 Å². The molecule has 27 heavy (non-hydrogen) atoms. The summed E-state index contributed by atoms with van der Waals surface area (Å²) in [5, 5.41) is 16.2. The molecule has 6 nitrogen and oxygen atoms in total. The molecule has 0 aliphatic rings. The van der Waals surface area contributed by atoms with E-state index in [1.54, 1.807) is 48.1 Å². The Morgan fingerprint density at radius 3 is 2.70 bits per heavy atom. The van der Waals surface area contributed by atoms with Crippen molar-refractivity contribution in [3.05, 3.63) is 78.0 Å². The van der Waals surface area contributed by atoms with E-state index in [-0.39, 0.29) is 5.91 Å². The lowest BCUT2D eigenvalue weighted by atomic mass is 10.1. The van der Waals surface area contributed by atoms with Crippen LogP contribution >= 0.6 is 0 Å². The monoisotopic (exact) mass is 360 g/mol. The molecule has 1 aromatic heterocycles. The number of hydrogen-bond acceptors (Lipinski definition) is 4. The Hall–Kier alpha value is -3.59. The van der Waals surface area contributed by atoms with Crippen LogP contribution in [0.2, 0.25) is 0 Å². The summed E-state index contributed by atoms with van der Waals surface area (Å²) in [6.45, 7) is 2.30. The molecular formula is C21H20N4O2. The standard InChI is InChI=1S/C21H20N4O2/c1-16(27-19-10-6-5-9-18(19)15-22)21(26)24-20-11-13-23-25(20)14-12-17-7-3-2-4-8-17/h2-11,13,16H,12,14H2,1H3,(H,24,26)/t16-/m1/s1. The summed E-state index contributed by atoms with van der Waals surface area (Å²) < 4.78 is 7.40. The van der Waals surface area contributed by atoms with E-state index in [1.165, 1.54) is 5.56 Å². The third kappa shape index (κ3) is 4.73. The largest absolute Gasteiger partial charge is 0.480 e. The molecule has 0 radical (unpaired) electrons. The van der Waals surface area contributed by atoms with E-state index >= 15 is 0 Å². The van der Waals surface area contributed by atoms with E-state index in [0.717, 1.165) is 6.42 Å². The van der Waals surface area contributed by atoms with Gasteiger partial charge in [0.05, 0.1) is 11.8 Å². The fourth-order valence-corrected chi connectivity index (χ4v) is 2.63. The molecule has 1 N–H and O–H groups in total. The minimum absolute atomic E-state index is 0.302. The van der Waals surface area contributed by atoms with Crippen LogP contribution in [-0.2, 0) is 17.8 Å². The van der Waals surface area contributed by atoms with Gasteiger partial charge in [0.2, 0.25) is 0 Å². The van der Waals surface area contributed by atoms with Crippen LogP contribution in [0.4, 0.5) is 5.82 Å². The molecule has 1 heterocycles. The number of aromatic nitrogens is 2. The van der Waals surface area contributed by atoms with Gasteiger partial charge >= 0.3 is 0 Å². The van der Waals surface area contributed by atoms with Gasteiger partial charge in [-0.2, -0.15) is 10.4 Å². The Morgan fingerprint density at radius 1 is 1.19 bits per heavy atom. The molecule has 136 valence electrons. The number of nitrogens with zero attached hydrogens (tertiary/aromatic N) is 3. The van der Waals surface area contributed by atoms with E-state index in [4.69, 9.17) is 10.00 Å². The summed E-state index contributed by atoms with van der Waals surface area (Å²) >= 11 is 0. The molecule has 1 atom stereocenters. The zero-order valence-electron chi connectivity index (χ0n) is 15.0. The average molecular weight is 360 g/mol. The lowest BCUT2D eigenvalue weighted by molar-refractivity contribution is -0.122. The predicted molar refractivity (Wildman–Crippen MR) is 102 cm³/mol. The van der Waals surface area contributed by atoms with E-state index in [9.17, 15) is 4.79 Å². The van der Waals surface area contributed by atoms with Crippen molar-refractivity contribution in [1.82, 2.24) is 9.78 Å². The van der Waals surface area contributed by atoms with Gasteiger partial charge in [-0.1, -0.05) is 42.5 Å². The molecule has 2 aromatic carbocycles. The highest BCUT2D eigenvalue weighted by molar-refractivity contribution is 5.93. The summed E-state index contributed by atoms with van der Waals surface area (Å²) in [7, 11) is 0. The van der Waals surface area contributed by atoms with Crippen LogP contribution in [0, 0.1) is 11.3 Å². The first-order chi connectivity index (χ1) is 13.2. The highest BCUT2D eigenvalue weighted by Crippen LogP contribution is 2.19. The summed E-state index contributed by atoms with van der Waals surface area (Å²) in [5.74, 6) is 0.699. The smallest absolute Gasteiger partial charge is 0.266 e. The Kier molecular flexibility index (Phi) is 5.85. The molecule has 0 saturated heterocycles. The maximum absolute atomic E-state index is 12.5. The summed E-state index contributed by atoms with van der Waals surface area (Å²) in [6, 6.07) is 20.7. The number of carbonyl (C=O) groups excluding carboxylic acids is 1. The van der Waals surface area contributed by atoms with Gasteiger partial charge in [-0.25, -0.2) is 4.68 Å². The van der Waals surface area contributed by atoms with Crippen LogP contribution in [-0.4, -0.2) is 21.8 Å². The second-order valence-corrected chi connectivity index (χ2v) is 6.03. The second kappa shape index (κ2) is 8.68. The molecule has 0 aliphatic carbocycles. The number of para-hydroxylation sites is 1. The number of nitrogens with one attached hydrogen (secondary N) is 1. The molecular weight excluding hydrogens is 340 g/mol. The van der Waals surface area contributed by atoms with Crippen molar-refractivity contribution in [3.63, 3.8) is 0 Å². The molecule has 1 amide bonds. The predicted octanol–water partition coefficient (Wildman–Crippen LogP) is 3.40. The number of amides is 1. The van der Waals surface area contributed by atoms with Crippen molar-refractivity contribution in [3.8, 4) is 11.8 Å². The first kappa shape index (κ1) is 18.2. The SMILES string of the molecule is C[C@@H](Oc1ccccc1C#N)C(=O)Nc1ccnn1CCc1ccccc1. The molecule has 6 heteroatoms. The van der Waals surface area contributed by atoms with Gasteiger partial charge in [0.1, 0.15) is 17.6 Å². The van der Waals surface area contributed by atoms with Gasteiger partial charge in [0.25, 0.3) is 5.91 Å². The van der Waals surface area contributed by atoms with Gasteiger partial charge in [0.15, 0.2) is 6.10 Å². The minimum atomic E-state index is -0.753. The first-order valence-electron chi connectivity index (χ1n) is 8.70. The number of ether oxygens (including phenoxy) is 1. The topological polar surface area (TPSA) is 79.9 Å². The van der Waals surface area contributed by atoms with Gasteiger partial charge in [0, 0.05) is 12.6 Å². The summed E-state index contributed by atoms with van der Waals surface area (Å²) in [5.41, 5.74) is 1.60. The molecule has 3 aromatic rings. The van der Waals surface area contributed by atoms with E-state index in [2.05, 4.69) is 28.6 Å². The number of aryl methyl sites for hydroxylation is 2. The molecule has 0 fully saturated rings. The van der Waals surface area contributed by atoms with Crippen LogP contribution in [0.25, 0.3) is 0 Å². The third-order valence-corrected chi connectivity index (χ3v) is 4.10. The number of carbonyl (C=O) groups is 1. The van der Waals surface area contributed by atoms with Crippen LogP contribution in [0.3, 0.4) is 0 Å². The molecule has 0 saturated carbocycles. The molecule has 3 rings (SSSR count). The van der Waals surface area contributed by atoms with E-state index in [1.807, 2.05) is 18.2 Å². The third-order valence-electron chi connectivity index (χ3n) is 4.10. The lowest BCUT2D eigenvalue weighted by Crippen LogP contribution is -2.31. The number of hydrogen-bond donors (Lipinski definition) is 1. The van der Waals surface area contributed by atoms with Crippen LogP contribution in [0.1, 0.15) is 18.1 Å². The van der Waals surface area contributed by atoms with Crippen LogP contribution < -0.4 is 10.1 Å². The van der Waals surface area contributed by atoms with Crippen LogP contribution in [0.15, 0.2) is 66.9 Å². The van der Waals surface area contributed by atoms with Gasteiger partial charge in [-0.3, -0.25) is 4.79 Å². The fourth-order valence-electron chi connectivity index (χ4n) is 2.63. The zero-order chi connectivity index (χ0) is 19.1. The van der Waals surface area contributed by atoms with Crippen molar-refractivity contribution in [2.24, 2.45) is 0 Å². The Labute approximate surface area is 158 Å². The maximum atomic E-state index is 12.5. The average Bonchev–Trinajstić information content (AvgIpc) is 3.14. The number of nitriles is 1. The maximum Gasteiger partial charge on any atom is 0.266 e. The quantitative estimate of drug-likeness (QED) is 0.700. The highest BCUT2D eigenvalue weighted by atomic mass is 16.5. The van der Waals surface area contributed by atoms with Crippen molar-refractivity contribution >= 4 is 11.7 Å². The zero-order valence-corrected chi connectivity index (χ0v) is 15.0. The van der Waals surface area contributed by atoms with Crippen molar-refractivity contribution < 1.29 is 9.53 Å². The number of anilines is 1. The fraction of sp³-hybridized carbons (Fsp3) is 0.190. The summed E-state index contributed by atoms with van der Waals surface area (Å²) in [4.78, 5) is 12.5. The van der Waals surface area contributed by atoms with Crippen molar-refractivity contribution in [2.75, 3.05) is 5.32 Å². The number of rotatable bonds is 7. The summed E-state index contributed by atoms with van der Waals surface area (Å²) in [6.07, 6.45) is 1.71. The lowest BCUT2D eigenvalue weighted by Gasteiger charge is -2.16. The van der Waals surface area contributed by atoms with Gasteiger partial charge < -0.3 is 10.1 Å². The molecule has 0 bridgehead atoms. The molecule has 0 unspecified atom stereocenters. The Bertz CT molecular complexity index is 944. The Balaban J connectivity index is 1.61. The highest BCUT2D eigenvalue weighted by Gasteiger charge is 2.18. The second-order valence-electron chi connectivity index (χ2n) is 6.03. The van der Waals surface area contributed by atoms with Crippen LogP contribution in [0.5, 0.6) is 5.75 Å². The minimum Gasteiger partial charge on any atom is -0.480 e. The van der Waals surface area contributed by atoms with E-state index < -0.39 is 6.10 Å². The number of benzene rings is 2. The van der Waals surface area contributed by atoms with Gasteiger partial charge in [-0.05, 0) is 31.0 Å². The first-order valence-corrected chi connectivity index (χ1v) is 8.70. The van der Waals surface area contributed by atoms with Gasteiger partial charge in [-0.15, -0.1) is 0 Å².